The topological polar surface area (TPSA) is 63.5 Å². The Morgan fingerprint density at radius 3 is 2.80 bits per heavy atom. The van der Waals surface area contributed by atoms with Gasteiger partial charge in [0.25, 0.3) is 5.91 Å². The van der Waals surface area contributed by atoms with Crippen LogP contribution in [-0.2, 0) is 0 Å². The number of nitro groups is 1. The van der Waals surface area contributed by atoms with E-state index in [1.807, 2.05) is 0 Å². The molecule has 1 aliphatic rings. The zero-order chi connectivity index (χ0) is 14.7. The number of hydrogen-bond acceptors (Lipinski definition) is 3. The summed E-state index contributed by atoms with van der Waals surface area (Å²) < 4.78 is 13.6. The molecule has 1 saturated heterocycles. The fourth-order valence-electron chi connectivity index (χ4n) is 2.44. The van der Waals surface area contributed by atoms with Crippen LogP contribution in [0, 0.1) is 21.8 Å². The molecule has 108 valence electrons. The largest absolute Gasteiger partial charge is 0.339 e. The van der Waals surface area contributed by atoms with Crippen LogP contribution in [0.4, 0.5) is 10.1 Å². The van der Waals surface area contributed by atoms with Gasteiger partial charge < -0.3 is 4.90 Å². The number of likely N-dealkylation sites (tertiary alicyclic amines) is 1. The van der Waals surface area contributed by atoms with E-state index >= 15 is 0 Å². The van der Waals surface area contributed by atoms with Crippen LogP contribution in [0.15, 0.2) is 18.2 Å². The van der Waals surface area contributed by atoms with E-state index in [0.717, 1.165) is 31.4 Å². The highest BCUT2D eigenvalue weighted by Crippen LogP contribution is 2.21. The Kier molecular flexibility index (Phi) is 4.32. The molecule has 0 saturated carbocycles. The molecule has 0 spiro atoms. The zero-order valence-corrected chi connectivity index (χ0v) is 11.3. The Bertz CT molecular complexity index is 533. The molecule has 2 rings (SSSR count). The van der Waals surface area contributed by atoms with Crippen molar-refractivity contribution in [3.63, 3.8) is 0 Å². The van der Waals surface area contributed by atoms with Gasteiger partial charge in [0.05, 0.1) is 4.92 Å². The summed E-state index contributed by atoms with van der Waals surface area (Å²) in [5.74, 6) is -0.640. The van der Waals surface area contributed by atoms with Gasteiger partial charge in [-0.15, -0.1) is 0 Å². The van der Waals surface area contributed by atoms with Gasteiger partial charge in [-0.05, 0) is 37.3 Å². The molecule has 1 fully saturated rings. The van der Waals surface area contributed by atoms with Crippen molar-refractivity contribution in [3.05, 3.63) is 39.7 Å². The fourth-order valence-corrected chi connectivity index (χ4v) is 2.44. The molecule has 1 heterocycles. The fraction of sp³-hybridized carbons (Fsp3) is 0.500. The number of rotatable bonds is 2. The van der Waals surface area contributed by atoms with Crippen molar-refractivity contribution in [3.8, 4) is 0 Å². The average molecular weight is 280 g/mol. The van der Waals surface area contributed by atoms with E-state index < -0.39 is 16.4 Å². The Hall–Kier alpha value is -1.98. The molecule has 0 N–H and O–H groups in total. The summed E-state index contributed by atoms with van der Waals surface area (Å²) in [6, 6.07) is 3.32. The van der Waals surface area contributed by atoms with Crippen LogP contribution >= 0.6 is 0 Å². The predicted molar refractivity (Wildman–Crippen MR) is 72.0 cm³/mol. The van der Waals surface area contributed by atoms with Gasteiger partial charge in [-0.1, -0.05) is 6.92 Å². The Morgan fingerprint density at radius 1 is 1.40 bits per heavy atom. The van der Waals surface area contributed by atoms with Crippen LogP contribution in [0.2, 0.25) is 0 Å². The first-order valence-corrected chi connectivity index (χ1v) is 6.72. The van der Waals surface area contributed by atoms with Gasteiger partial charge in [-0.3, -0.25) is 14.9 Å². The van der Waals surface area contributed by atoms with Crippen molar-refractivity contribution in [1.29, 1.82) is 0 Å². The lowest BCUT2D eigenvalue weighted by molar-refractivity contribution is -0.387. The molecular formula is C14H17FN2O3. The van der Waals surface area contributed by atoms with Gasteiger partial charge in [0.15, 0.2) is 0 Å². The van der Waals surface area contributed by atoms with E-state index in [9.17, 15) is 19.3 Å². The average Bonchev–Trinajstić information content (AvgIpc) is 2.62. The highest BCUT2D eigenvalue weighted by Gasteiger charge is 2.22. The monoisotopic (exact) mass is 280 g/mol. The lowest BCUT2D eigenvalue weighted by Crippen LogP contribution is -2.32. The molecule has 20 heavy (non-hydrogen) atoms. The number of carbonyl (C=O) groups excluding carboxylic acids is 1. The quantitative estimate of drug-likeness (QED) is 0.618. The van der Waals surface area contributed by atoms with Crippen LogP contribution in [0.1, 0.15) is 36.5 Å². The van der Waals surface area contributed by atoms with Crippen LogP contribution in [0.25, 0.3) is 0 Å². The number of benzene rings is 1. The second-order valence-electron chi connectivity index (χ2n) is 5.25. The normalized spacial score (nSPS) is 19.5. The van der Waals surface area contributed by atoms with Gasteiger partial charge >= 0.3 is 5.69 Å². The summed E-state index contributed by atoms with van der Waals surface area (Å²) in [5.41, 5.74) is -0.436. The second kappa shape index (κ2) is 5.98. The lowest BCUT2D eigenvalue weighted by atomic mass is 10.0. The standard InChI is InChI=1S/C14H17FN2O3/c1-10-3-2-7-16(8-6-10)14(18)11-4-5-13(17(19)20)12(15)9-11/h4-5,9-10H,2-3,6-8H2,1H3. The molecule has 1 aromatic rings. The predicted octanol–water partition coefficient (Wildman–Crippen LogP) is 3.00. The van der Waals surface area contributed by atoms with E-state index in [0.29, 0.717) is 19.0 Å². The summed E-state index contributed by atoms with van der Waals surface area (Å²) in [6.07, 6.45) is 2.95. The van der Waals surface area contributed by atoms with Crippen LogP contribution in [0.5, 0.6) is 0 Å². The Morgan fingerprint density at radius 2 is 2.15 bits per heavy atom. The number of halogens is 1. The number of nitrogens with zero attached hydrogens (tertiary/aromatic N) is 2. The van der Waals surface area contributed by atoms with E-state index in [4.69, 9.17) is 0 Å². The molecule has 5 nitrogen and oxygen atoms in total. The molecule has 1 aromatic carbocycles. The van der Waals surface area contributed by atoms with Crippen molar-refractivity contribution in [2.45, 2.75) is 26.2 Å². The minimum absolute atomic E-state index is 0.169. The molecule has 1 atom stereocenters. The summed E-state index contributed by atoms with van der Waals surface area (Å²) in [4.78, 5) is 23.7. The molecule has 1 amide bonds. The molecule has 0 bridgehead atoms. The van der Waals surface area contributed by atoms with Gasteiger partial charge in [-0.25, -0.2) is 0 Å². The summed E-state index contributed by atoms with van der Waals surface area (Å²) in [7, 11) is 0. The number of amides is 1. The first-order valence-electron chi connectivity index (χ1n) is 6.72. The minimum atomic E-state index is -0.968. The molecule has 0 aromatic heterocycles. The lowest BCUT2D eigenvalue weighted by Gasteiger charge is -2.20. The Labute approximate surface area is 116 Å². The smallest absolute Gasteiger partial charge is 0.304 e. The van der Waals surface area contributed by atoms with Crippen molar-refractivity contribution in [2.24, 2.45) is 5.92 Å². The Balaban J connectivity index is 2.16. The van der Waals surface area contributed by atoms with Crippen molar-refractivity contribution < 1.29 is 14.1 Å². The SMILES string of the molecule is CC1CCCN(C(=O)c2ccc([N+](=O)[O-])c(F)c2)CC1. The highest BCUT2D eigenvalue weighted by molar-refractivity contribution is 5.94. The van der Waals surface area contributed by atoms with Crippen LogP contribution in [-0.4, -0.2) is 28.8 Å². The maximum atomic E-state index is 13.6. The molecule has 1 unspecified atom stereocenters. The number of nitro benzene ring substituents is 1. The summed E-state index contributed by atoms with van der Waals surface area (Å²) >= 11 is 0. The molecule has 0 aliphatic carbocycles. The van der Waals surface area contributed by atoms with Crippen molar-refractivity contribution in [2.75, 3.05) is 13.1 Å². The van der Waals surface area contributed by atoms with E-state index in [1.165, 1.54) is 6.07 Å². The maximum Gasteiger partial charge on any atom is 0.304 e. The van der Waals surface area contributed by atoms with Crippen molar-refractivity contribution >= 4 is 11.6 Å². The molecule has 1 aliphatic heterocycles. The summed E-state index contributed by atoms with van der Waals surface area (Å²) in [6.45, 7) is 3.46. The third-order valence-corrected chi connectivity index (χ3v) is 3.70. The first-order chi connectivity index (χ1) is 9.49. The first kappa shape index (κ1) is 14.4. The third-order valence-electron chi connectivity index (χ3n) is 3.70. The maximum absolute atomic E-state index is 13.6. The van der Waals surface area contributed by atoms with E-state index in [2.05, 4.69) is 6.92 Å². The van der Waals surface area contributed by atoms with Gasteiger partial charge in [-0.2, -0.15) is 4.39 Å². The highest BCUT2D eigenvalue weighted by atomic mass is 19.1. The van der Waals surface area contributed by atoms with Gasteiger partial charge in [0.2, 0.25) is 5.82 Å². The van der Waals surface area contributed by atoms with Crippen LogP contribution in [0.3, 0.4) is 0 Å². The molecule has 6 heteroatoms. The number of carbonyl (C=O) groups is 1. The van der Waals surface area contributed by atoms with Gasteiger partial charge in [0.1, 0.15) is 0 Å². The van der Waals surface area contributed by atoms with Crippen LogP contribution < -0.4 is 0 Å². The molecular weight excluding hydrogens is 263 g/mol. The summed E-state index contributed by atoms with van der Waals surface area (Å²) in [5, 5.41) is 10.6. The second-order valence-corrected chi connectivity index (χ2v) is 5.25. The van der Waals surface area contributed by atoms with Crippen molar-refractivity contribution in [1.82, 2.24) is 4.90 Å². The zero-order valence-electron chi connectivity index (χ0n) is 11.3. The third kappa shape index (κ3) is 3.12. The van der Waals surface area contributed by atoms with Gasteiger partial charge in [0, 0.05) is 24.7 Å². The van der Waals surface area contributed by atoms with E-state index in [-0.39, 0.29) is 11.5 Å². The number of hydrogen-bond donors (Lipinski definition) is 0. The minimum Gasteiger partial charge on any atom is -0.339 e. The van der Waals surface area contributed by atoms with E-state index in [1.54, 1.807) is 4.90 Å². The molecule has 0 radical (unpaired) electrons.